The summed E-state index contributed by atoms with van der Waals surface area (Å²) in [5.74, 6) is 0.472. The number of carbonyl (C=O) groups is 2. The molecule has 0 aromatic heterocycles. The van der Waals surface area contributed by atoms with Gasteiger partial charge < -0.3 is 15.4 Å². The summed E-state index contributed by atoms with van der Waals surface area (Å²) in [6.07, 6.45) is 6.79. The molecule has 5 heteroatoms. The van der Waals surface area contributed by atoms with Crippen molar-refractivity contribution in [1.29, 1.82) is 0 Å². The van der Waals surface area contributed by atoms with Crippen molar-refractivity contribution in [3.8, 4) is 0 Å². The third-order valence-electron chi connectivity index (χ3n) is 4.17. The number of methoxy groups -OCH3 is 1. The number of amides is 2. The van der Waals surface area contributed by atoms with Gasteiger partial charge in [-0.05, 0) is 36.5 Å². The summed E-state index contributed by atoms with van der Waals surface area (Å²) in [6.45, 7) is 0.516. The molecule has 0 heterocycles. The summed E-state index contributed by atoms with van der Waals surface area (Å²) in [7, 11) is 1.48. The smallest absolute Gasteiger partial charge is 0.250 e. The van der Waals surface area contributed by atoms with Crippen LogP contribution in [0.3, 0.4) is 0 Å². The molecule has 0 spiro atoms. The van der Waals surface area contributed by atoms with Crippen LogP contribution in [0.1, 0.15) is 44.1 Å². The van der Waals surface area contributed by atoms with E-state index in [1.165, 1.54) is 39.2 Å². The molecule has 2 rings (SSSR count). The molecule has 0 radical (unpaired) electrons. The van der Waals surface area contributed by atoms with Crippen molar-refractivity contribution >= 4 is 17.5 Å². The van der Waals surface area contributed by atoms with Crippen LogP contribution in [0.4, 0.5) is 5.69 Å². The van der Waals surface area contributed by atoms with Gasteiger partial charge in [-0.2, -0.15) is 0 Å². The van der Waals surface area contributed by atoms with Gasteiger partial charge in [-0.15, -0.1) is 0 Å². The highest BCUT2D eigenvalue weighted by atomic mass is 16.5. The van der Waals surface area contributed by atoms with Gasteiger partial charge in [0, 0.05) is 25.8 Å². The lowest BCUT2D eigenvalue weighted by molar-refractivity contribution is -0.122. The standard InChI is InChI=1S/C18H26N2O3/c1-23-13-18(22)20-16-9-5-8-15(10-16)12-19-17(21)11-14-6-3-2-4-7-14/h5,8-10,14H,2-4,6-7,11-13H2,1H3,(H,19,21)(H,20,22). The maximum atomic E-state index is 12.0. The minimum Gasteiger partial charge on any atom is -0.375 e. The molecule has 0 saturated heterocycles. The largest absolute Gasteiger partial charge is 0.375 e. The lowest BCUT2D eigenvalue weighted by atomic mass is 9.87. The third kappa shape index (κ3) is 6.40. The average Bonchev–Trinajstić information content (AvgIpc) is 2.54. The Bertz CT molecular complexity index is 525. The zero-order valence-corrected chi connectivity index (χ0v) is 13.8. The Morgan fingerprint density at radius 1 is 1.17 bits per heavy atom. The van der Waals surface area contributed by atoms with Gasteiger partial charge in [0.05, 0.1) is 0 Å². The highest BCUT2D eigenvalue weighted by Gasteiger charge is 2.16. The second-order valence-corrected chi connectivity index (χ2v) is 6.17. The summed E-state index contributed by atoms with van der Waals surface area (Å²) in [5.41, 5.74) is 1.68. The minimum absolute atomic E-state index is 0.0301. The van der Waals surface area contributed by atoms with Gasteiger partial charge in [0.15, 0.2) is 0 Å². The molecule has 0 aliphatic heterocycles. The van der Waals surface area contributed by atoms with Gasteiger partial charge in [-0.1, -0.05) is 31.4 Å². The van der Waals surface area contributed by atoms with E-state index in [-0.39, 0.29) is 18.4 Å². The number of hydrogen-bond acceptors (Lipinski definition) is 3. The number of anilines is 1. The SMILES string of the molecule is COCC(=O)Nc1cccc(CNC(=O)CC2CCCCC2)c1. The second kappa shape index (κ2) is 9.30. The first-order valence-electron chi connectivity index (χ1n) is 8.32. The van der Waals surface area contributed by atoms with Crippen LogP contribution >= 0.6 is 0 Å². The van der Waals surface area contributed by atoms with Crippen LogP contribution in [0.5, 0.6) is 0 Å². The number of ether oxygens (including phenoxy) is 1. The molecule has 1 saturated carbocycles. The Morgan fingerprint density at radius 3 is 2.70 bits per heavy atom. The molecule has 0 unspecified atom stereocenters. The van der Waals surface area contributed by atoms with E-state index in [0.717, 1.165) is 5.56 Å². The Kier molecular flexibility index (Phi) is 7.07. The van der Waals surface area contributed by atoms with E-state index in [2.05, 4.69) is 10.6 Å². The van der Waals surface area contributed by atoms with Crippen molar-refractivity contribution in [3.05, 3.63) is 29.8 Å². The number of benzene rings is 1. The third-order valence-corrected chi connectivity index (χ3v) is 4.17. The summed E-state index contributed by atoms with van der Waals surface area (Å²) in [5, 5.41) is 5.74. The number of nitrogens with one attached hydrogen (secondary N) is 2. The molecule has 1 aromatic rings. The molecule has 2 amide bonds. The first-order chi connectivity index (χ1) is 11.2. The zero-order chi connectivity index (χ0) is 16.5. The predicted molar refractivity (Wildman–Crippen MR) is 90.0 cm³/mol. The number of hydrogen-bond donors (Lipinski definition) is 2. The van der Waals surface area contributed by atoms with Crippen LogP contribution in [0.2, 0.25) is 0 Å². The number of rotatable bonds is 7. The predicted octanol–water partition coefficient (Wildman–Crippen LogP) is 2.86. The second-order valence-electron chi connectivity index (χ2n) is 6.17. The Hall–Kier alpha value is -1.88. The molecule has 1 aliphatic carbocycles. The van der Waals surface area contributed by atoms with Gasteiger partial charge in [0.25, 0.3) is 0 Å². The molecule has 1 aromatic carbocycles. The quantitative estimate of drug-likeness (QED) is 0.812. The summed E-state index contributed by atoms with van der Waals surface area (Å²) in [6, 6.07) is 7.49. The highest BCUT2D eigenvalue weighted by molar-refractivity contribution is 5.91. The first-order valence-corrected chi connectivity index (χ1v) is 8.32. The van der Waals surface area contributed by atoms with Gasteiger partial charge in [0.1, 0.15) is 6.61 Å². The lowest BCUT2D eigenvalue weighted by Gasteiger charge is -2.20. The summed E-state index contributed by atoms with van der Waals surface area (Å²) >= 11 is 0. The van der Waals surface area contributed by atoms with E-state index in [4.69, 9.17) is 4.74 Å². The monoisotopic (exact) mass is 318 g/mol. The van der Waals surface area contributed by atoms with Crippen LogP contribution < -0.4 is 10.6 Å². The molecule has 0 atom stereocenters. The lowest BCUT2D eigenvalue weighted by Crippen LogP contribution is -2.26. The van der Waals surface area contributed by atoms with Gasteiger partial charge >= 0.3 is 0 Å². The molecular formula is C18H26N2O3. The van der Waals surface area contributed by atoms with E-state index in [1.54, 1.807) is 0 Å². The summed E-state index contributed by atoms with van der Waals surface area (Å²) in [4.78, 5) is 23.5. The average molecular weight is 318 g/mol. The van der Waals surface area contributed by atoms with Gasteiger partial charge in [-0.25, -0.2) is 0 Å². The fourth-order valence-electron chi connectivity index (χ4n) is 3.01. The molecular weight excluding hydrogens is 292 g/mol. The van der Waals surface area contributed by atoms with Crippen LogP contribution in [-0.4, -0.2) is 25.5 Å². The number of carbonyl (C=O) groups excluding carboxylic acids is 2. The van der Waals surface area contributed by atoms with Crippen molar-refractivity contribution in [2.75, 3.05) is 19.0 Å². The van der Waals surface area contributed by atoms with Crippen LogP contribution in [0.15, 0.2) is 24.3 Å². The summed E-state index contributed by atoms with van der Waals surface area (Å²) < 4.78 is 4.79. The Labute approximate surface area is 137 Å². The van der Waals surface area contributed by atoms with E-state index < -0.39 is 0 Å². The van der Waals surface area contributed by atoms with Crippen molar-refractivity contribution in [1.82, 2.24) is 5.32 Å². The van der Waals surface area contributed by atoms with Crippen molar-refractivity contribution in [2.45, 2.75) is 45.1 Å². The highest BCUT2D eigenvalue weighted by Crippen LogP contribution is 2.26. The zero-order valence-electron chi connectivity index (χ0n) is 13.8. The molecule has 23 heavy (non-hydrogen) atoms. The van der Waals surface area contributed by atoms with Crippen molar-refractivity contribution in [2.24, 2.45) is 5.92 Å². The topological polar surface area (TPSA) is 67.4 Å². The van der Waals surface area contributed by atoms with Crippen LogP contribution in [0.25, 0.3) is 0 Å². The van der Waals surface area contributed by atoms with Crippen molar-refractivity contribution < 1.29 is 14.3 Å². The molecule has 1 aliphatic rings. The molecule has 0 bridgehead atoms. The Balaban J connectivity index is 1.78. The first kappa shape index (κ1) is 17.5. The van der Waals surface area contributed by atoms with Gasteiger partial charge in [0.2, 0.25) is 11.8 Å². The van der Waals surface area contributed by atoms with Gasteiger partial charge in [-0.3, -0.25) is 9.59 Å². The molecule has 2 N–H and O–H groups in total. The van der Waals surface area contributed by atoms with Crippen LogP contribution in [0, 0.1) is 5.92 Å². The maximum Gasteiger partial charge on any atom is 0.250 e. The fraction of sp³-hybridized carbons (Fsp3) is 0.556. The normalized spacial score (nSPS) is 15.2. The molecule has 126 valence electrons. The maximum absolute atomic E-state index is 12.0. The van der Waals surface area contributed by atoms with E-state index in [1.807, 2.05) is 24.3 Å². The van der Waals surface area contributed by atoms with Crippen molar-refractivity contribution in [3.63, 3.8) is 0 Å². The molecule has 1 fully saturated rings. The minimum atomic E-state index is -0.189. The van der Waals surface area contributed by atoms with E-state index in [0.29, 0.717) is 24.6 Å². The van der Waals surface area contributed by atoms with E-state index >= 15 is 0 Å². The Morgan fingerprint density at radius 2 is 1.96 bits per heavy atom. The van der Waals surface area contributed by atoms with E-state index in [9.17, 15) is 9.59 Å². The fourth-order valence-corrected chi connectivity index (χ4v) is 3.01. The molecule has 5 nitrogen and oxygen atoms in total. The van der Waals surface area contributed by atoms with Crippen LogP contribution in [-0.2, 0) is 20.9 Å².